The van der Waals surface area contributed by atoms with Gasteiger partial charge in [0.25, 0.3) is 0 Å². The molecular formula is C14H14N2O3S2. The van der Waals surface area contributed by atoms with Crippen LogP contribution < -0.4 is 0 Å². The molecule has 0 N–H and O–H groups in total. The number of nitrogens with zero attached hydrogens (tertiary/aromatic N) is 2. The molecule has 0 saturated heterocycles. The third kappa shape index (κ3) is 2.71. The van der Waals surface area contributed by atoms with Crippen molar-refractivity contribution < 1.29 is 12.8 Å². The molecule has 0 atom stereocenters. The lowest BCUT2D eigenvalue weighted by atomic mass is 10.2. The number of aromatic nitrogens is 2. The van der Waals surface area contributed by atoms with Crippen LogP contribution in [0.2, 0.25) is 0 Å². The number of hydrogen-bond acceptors (Lipinski definition) is 6. The molecule has 110 valence electrons. The Morgan fingerprint density at radius 1 is 1.19 bits per heavy atom. The maximum Gasteiger partial charge on any atom is 0.211 e. The van der Waals surface area contributed by atoms with Crippen LogP contribution in [0.15, 0.2) is 27.0 Å². The third-order valence-corrected chi connectivity index (χ3v) is 6.24. The van der Waals surface area contributed by atoms with E-state index in [4.69, 9.17) is 4.42 Å². The number of benzene rings is 1. The van der Waals surface area contributed by atoms with Crippen molar-refractivity contribution in [3.63, 3.8) is 0 Å². The molecule has 21 heavy (non-hydrogen) atoms. The Balaban J connectivity index is 2.01. The zero-order valence-electron chi connectivity index (χ0n) is 11.9. The van der Waals surface area contributed by atoms with Crippen molar-refractivity contribution in [3.8, 4) is 0 Å². The molecule has 0 radical (unpaired) electrons. The first-order valence-corrected chi connectivity index (χ1v) is 8.85. The summed E-state index contributed by atoms with van der Waals surface area (Å²) in [5.41, 5.74) is 2.22. The van der Waals surface area contributed by atoms with Gasteiger partial charge in [-0.05, 0) is 31.5 Å². The second-order valence-electron chi connectivity index (χ2n) is 4.95. The first kappa shape index (κ1) is 14.2. The smallest absolute Gasteiger partial charge is 0.211 e. The minimum absolute atomic E-state index is 0.128. The molecule has 0 fully saturated rings. The predicted molar refractivity (Wildman–Crippen MR) is 81.2 cm³/mol. The molecule has 5 nitrogen and oxygen atoms in total. The Kier molecular flexibility index (Phi) is 3.33. The van der Waals surface area contributed by atoms with Crippen LogP contribution in [0.1, 0.15) is 22.9 Å². The van der Waals surface area contributed by atoms with Gasteiger partial charge in [-0.3, -0.25) is 0 Å². The van der Waals surface area contributed by atoms with Crippen LogP contribution >= 0.6 is 11.3 Å². The summed E-state index contributed by atoms with van der Waals surface area (Å²) in [6.07, 6.45) is 0. The van der Waals surface area contributed by atoms with Crippen LogP contribution in [0.25, 0.3) is 10.2 Å². The van der Waals surface area contributed by atoms with Crippen LogP contribution in [0.5, 0.6) is 0 Å². The van der Waals surface area contributed by atoms with Crippen molar-refractivity contribution in [1.82, 2.24) is 9.97 Å². The summed E-state index contributed by atoms with van der Waals surface area (Å²) < 4.78 is 31.2. The molecule has 0 saturated carbocycles. The third-order valence-electron chi connectivity index (χ3n) is 3.12. The van der Waals surface area contributed by atoms with Crippen molar-refractivity contribution in [3.05, 3.63) is 41.1 Å². The van der Waals surface area contributed by atoms with Gasteiger partial charge in [0.15, 0.2) is 5.89 Å². The van der Waals surface area contributed by atoms with E-state index in [0.717, 1.165) is 10.3 Å². The highest BCUT2D eigenvalue weighted by molar-refractivity contribution is 7.92. The molecule has 2 aromatic heterocycles. The first-order valence-electron chi connectivity index (χ1n) is 6.38. The molecule has 1 aromatic carbocycles. The average Bonchev–Trinajstić information content (AvgIpc) is 2.93. The van der Waals surface area contributed by atoms with E-state index in [-0.39, 0.29) is 10.1 Å². The highest BCUT2D eigenvalue weighted by atomic mass is 32.2. The van der Waals surface area contributed by atoms with E-state index in [9.17, 15) is 8.42 Å². The van der Waals surface area contributed by atoms with E-state index in [1.165, 1.54) is 11.3 Å². The average molecular weight is 322 g/mol. The second kappa shape index (κ2) is 4.92. The van der Waals surface area contributed by atoms with Crippen LogP contribution in [-0.4, -0.2) is 18.4 Å². The van der Waals surface area contributed by atoms with Gasteiger partial charge in [0, 0.05) is 6.92 Å². The van der Waals surface area contributed by atoms with Crippen LogP contribution in [0.3, 0.4) is 0 Å². The zero-order valence-corrected chi connectivity index (χ0v) is 13.5. The summed E-state index contributed by atoms with van der Waals surface area (Å²) in [6, 6.07) is 5.73. The highest BCUT2D eigenvalue weighted by Gasteiger charge is 2.23. The Hall–Kier alpha value is -1.73. The summed E-state index contributed by atoms with van der Waals surface area (Å²) in [5, 5.41) is 0. The summed E-state index contributed by atoms with van der Waals surface area (Å²) in [5.74, 6) is 0.820. The number of oxazole rings is 1. The van der Waals surface area contributed by atoms with E-state index in [1.54, 1.807) is 13.8 Å². The van der Waals surface area contributed by atoms with E-state index in [2.05, 4.69) is 9.97 Å². The fraction of sp³-hybridized carbons (Fsp3) is 0.286. The topological polar surface area (TPSA) is 73.1 Å². The largest absolute Gasteiger partial charge is 0.446 e. The summed E-state index contributed by atoms with van der Waals surface area (Å²) in [7, 11) is -3.51. The van der Waals surface area contributed by atoms with E-state index >= 15 is 0 Å². The van der Waals surface area contributed by atoms with E-state index in [1.807, 2.05) is 25.1 Å². The Bertz CT molecular complexity index is 923. The van der Waals surface area contributed by atoms with Crippen molar-refractivity contribution in [1.29, 1.82) is 0 Å². The summed E-state index contributed by atoms with van der Waals surface area (Å²) >= 11 is 1.19. The molecule has 0 aliphatic carbocycles. The van der Waals surface area contributed by atoms with Gasteiger partial charge < -0.3 is 4.42 Å². The van der Waals surface area contributed by atoms with Gasteiger partial charge in [-0.25, -0.2) is 18.4 Å². The molecule has 3 rings (SSSR count). The quantitative estimate of drug-likeness (QED) is 0.740. The number of fused-ring (bicyclic) bond motifs is 1. The number of rotatable bonds is 3. The van der Waals surface area contributed by atoms with Crippen LogP contribution in [0, 0.1) is 20.8 Å². The van der Waals surface area contributed by atoms with Crippen LogP contribution in [-0.2, 0) is 15.6 Å². The summed E-state index contributed by atoms with van der Waals surface area (Å²) in [6.45, 7) is 5.37. The molecule has 7 heteroatoms. The normalized spacial score (nSPS) is 12.1. The van der Waals surface area contributed by atoms with Gasteiger partial charge in [0.05, 0.1) is 15.9 Å². The lowest BCUT2D eigenvalue weighted by Crippen LogP contribution is -2.05. The molecule has 2 heterocycles. The standard InChI is InChI=1S/C14H14N2O3S2/c1-8-4-5-13-11(6-8)16-14(20-13)21(17,18)7-12-9(2)19-10(3)15-12/h4-6H,7H2,1-3H3. The molecule has 0 unspecified atom stereocenters. The zero-order chi connectivity index (χ0) is 15.2. The maximum absolute atomic E-state index is 12.5. The lowest BCUT2D eigenvalue weighted by Gasteiger charge is -1.97. The van der Waals surface area contributed by atoms with Crippen LogP contribution in [0.4, 0.5) is 0 Å². The van der Waals surface area contributed by atoms with E-state index in [0.29, 0.717) is 22.9 Å². The van der Waals surface area contributed by atoms with Gasteiger partial charge in [-0.1, -0.05) is 6.07 Å². The minimum atomic E-state index is -3.51. The molecule has 0 aliphatic rings. The number of thiazole rings is 1. The fourth-order valence-electron chi connectivity index (χ4n) is 2.10. The lowest BCUT2D eigenvalue weighted by molar-refractivity contribution is 0.493. The number of aryl methyl sites for hydroxylation is 3. The Morgan fingerprint density at radius 2 is 1.95 bits per heavy atom. The van der Waals surface area contributed by atoms with Gasteiger partial charge in [0.1, 0.15) is 11.5 Å². The van der Waals surface area contributed by atoms with Crippen molar-refractivity contribution in [2.24, 2.45) is 0 Å². The van der Waals surface area contributed by atoms with Gasteiger partial charge in [0.2, 0.25) is 14.2 Å². The maximum atomic E-state index is 12.5. The molecule has 3 aromatic rings. The predicted octanol–water partition coefficient (Wildman–Crippen LogP) is 3.18. The molecule has 0 amide bonds. The molecular weight excluding hydrogens is 308 g/mol. The minimum Gasteiger partial charge on any atom is -0.446 e. The number of sulfone groups is 1. The molecule has 0 aliphatic heterocycles. The van der Waals surface area contributed by atoms with Gasteiger partial charge in [-0.15, -0.1) is 11.3 Å². The van der Waals surface area contributed by atoms with Gasteiger partial charge >= 0.3 is 0 Å². The monoisotopic (exact) mass is 322 g/mol. The first-order chi connectivity index (χ1) is 9.85. The number of hydrogen-bond donors (Lipinski definition) is 0. The Morgan fingerprint density at radius 3 is 2.62 bits per heavy atom. The van der Waals surface area contributed by atoms with Gasteiger partial charge in [-0.2, -0.15) is 0 Å². The van der Waals surface area contributed by atoms with Crippen molar-refractivity contribution >= 4 is 31.4 Å². The molecule has 0 spiro atoms. The summed E-state index contributed by atoms with van der Waals surface area (Å²) in [4.78, 5) is 8.37. The van der Waals surface area contributed by atoms with E-state index < -0.39 is 9.84 Å². The highest BCUT2D eigenvalue weighted by Crippen LogP contribution is 2.28. The van der Waals surface area contributed by atoms with Crippen molar-refractivity contribution in [2.45, 2.75) is 30.9 Å². The second-order valence-corrected chi connectivity index (χ2v) is 8.14. The Labute approximate surface area is 126 Å². The van der Waals surface area contributed by atoms with Crippen molar-refractivity contribution in [2.75, 3.05) is 0 Å². The molecule has 0 bridgehead atoms. The SMILES string of the molecule is Cc1ccc2sc(S(=O)(=O)Cc3nc(C)oc3C)nc2c1. The fourth-order valence-corrected chi connectivity index (χ4v) is 4.72.